The van der Waals surface area contributed by atoms with Crippen molar-refractivity contribution < 1.29 is 0 Å². The number of pyridine rings is 1. The molecular weight excluding hydrogens is 436 g/mol. The van der Waals surface area contributed by atoms with Crippen molar-refractivity contribution >= 4 is 42.5 Å². The Morgan fingerprint density at radius 2 is 1.29 bits per heavy atom. The molecule has 0 saturated heterocycles. The van der Waals surface area contributed by atoms with Gasteiger partial charge in [-0.05, 0) is 18.2 Å². The highest BCUT2D eigenvalue weighted by atomic mass is 32.1. The molecule has 0 aliphatic heterocycles. The summed E-state index contributed by atoms with van der Waals surface area (Å²) < 4.78 is 4.65. The van der Waals surface area contributed by atoms with E-state index in [9.17, 15) is 0 Å². The third-order valence-corrected chi connectivity index (χ3v) is 7.32. The van der Waals surface area contributed by atoms with E-state index in [-0.39, 0.29) is 0 Å². The average molecular weight is 455 g/mol. The minimum Gasteiger partial charge on any atom is -0.276 e. The van der Waals surface area contributed by atoms with Gasteiger partial charge in [0.25, 0.3) is 0 Å². The molecule has 0 aliphatic rings. The summed E-state index contributed by atoms with van der Waals surface area (Å²) in [5.41, 5.74) is 6.11. The minimum absolute atomic E-state index is 0.662. The van der Waals surface area contributed by atoms with Crippen molar-refractivity contribution in [3.63, 3.8) is 0 Å². The summed E-state index contributed by atoms with van der Waals surface area (Å²) in [6, 6.07) is 33.2. The second-order valence-corrected chi connectivity index (χ2v) is 9.23. The lowest BCUT2D eigenvalue weighted by Gasteiger charge is -2.11. The lowest BCUT2D eigenvalue weighted by Crippen LogP contribution is -2.04. The fourth-order valence-corrected chi connectivity index (χ4v) is 5.78. The molecule has 0 fully saturated rings. The van der Waals surface area contributed by atoms with E-state index in [2.05, 4.69) is 70.2 Å². The van der Waals surface area contributed by atoms with Gasteiger partial charge in [-0.15, -0.1) is 11.3 Å². The number of rotatable bonds is 3. The topological polar surface area (TPSA) is 43.6 Å². The molecule has 4 nitrogen and oxygen atoms in total. The molecule has 3 aromatic carbocycles. The Labute approximate surface area is 199 Å². The molecule has 5 heteroatoms. The van der Waals surface area contributed by atoms with Gasteiger partial charge in [0.2, 0.25) is 5.95 Å². The molecule has 7 aromatic rings. The van der Waals surface area contributed by atoms with Crippen LogP contribution in [0.3, 0.4) is 0 Å². The third-order valence-electron chi connectivity index (χ3n) is 6.13. The van der Waals surface area contributed by atoms with E-state index in [4.69, 9.17) is 9.97 Å². The fraction of sp³-hybridized carbons (Fsp3) is 0. The Morgan fingerprint density at radius 1 is 0.647 bits per heavy atom. The molecule has 0 radical (unpaired) electrons. The van der Waals surface area contributed by atoms with Crippen LogP contribution in [0, 0.1) is 0 Å². The van der Waals surface area contributed by atoms with Gasteiger partial charge < -0.3 is 0 Å². The number of thiophene rings is 1. The third kappa shape index (κ3) is 2.95. The molecule has 0 atom stereocenters. The van der Waals surface area contributed by atoms with Gasteiger partial charge in [-0.25, -0.2) is 9.97 Å². The fourth-order valence-electron chi connectivity index (χ4n) is 4.57. The largest absolute Gasteiger partial charge is 0.276 e. The number of hydrogen-bond acceptors (Lipinski definition) is 4. The molecular formula is C29H18N4S. The highest BCUT2D eigenvalue weighted by Gasteiger charge is 2.20. The molecule has 34 heavy (non-hydrogen) atoms. The van der Waals surface area contributed by atoms with Crippen molar-refractivity contribution in [3.8, 4) is 28.5 Å². The van der Waals surface area contributed by atoms with Gasteiger partial charge in [0, 0.05) is 39.0 Å². The van der Waals surface area contributed by atoms with E-state index in [1.807, 2.05) is 48.8 Å². The molecule has 4 heterocycles. The van der Waals surface area contributed by atoms with Crippen molar-refractivity contribution in [2.75, 3.05) is 0 Å². The summed E-state index contributed by atoms with van der Waals surface area (Å²) in [6.45, 7) is 0. The first-order valence-corrected chi connectivity index (χ1v) is 11.9. The van der Waals surface area contributed by atoms with Gasteiger partial charge in [-0.2, -0.15) is 0 Å². The van der Waals surface area contributed by atoms with Crippen LogP contribution in [0.2, 0.25) is 0 Å². The SMILES string of the molecule is c1ccc(-c2cc(-c3ccccc3)nc(-n3c4ccncc4c4sc5ccccc5c43)n2)cc1. The molecule has 4 aromatic heterocycles. The van der Waals surface area contributed by atoms with Gasteiger partial charge in [0.05, 0.1) is 27.1 Å². The zero-order valence-corrected chi connectivity index (χ0v) is 18.9. The molecule has 0 aliphatic carbocycles. The first kappa shape index (κ1) is 19.1. The van der Waals surface area contributed by atoms with Crippen LogP contribution in [0.1, 0.15) is 0 Å². The molecule has 0 bridgehead atoms. The van der Waals surface area contributed by atoms with E-state index < -0.39 is 0 Å². The minimum atomic E-state index is 0.662. The van der Waals surface area contributed by atoms with Gasteiger partial charge in [0.1, 0.15) is 0 Å². The van der Waals surface area contributed by atoms with E-state index in [1.165, 1.54) is 14.8 Å². The predicted octanol–water partition coefficient (Wildman–Crippen LogP) is 7.52. The maximum absolute atomic E-state index is 5.09. The summed E-state index contributed by atoms with van der Waals surface area (Å²) >= 11 is 1.79. The zero-order valence-electron chi connectivity index (χ0n) is 18.1. The summed E-state index contributed by atoms with van der Waals surface area (Å²) in [4.78, 5) is 14.6. The van der Waals surface area contributed by atoms with Crippen LogP contribution >= 0.6 is 11.3 Å². The van der Waals surface area contributed by atoms with Crippen molar-refractivity contribution in [2.45, 2.75) is 0 Å². The van der Waals surface area contributed by atoms with E-state index in [0.29, 0.717) is 5.95 Å². The molecule has 0 saturated carbocycles. The normalized spacial score (nSPS) is 11.5. The van der Waals surface area contributed by atoms with Crippen LogP contribution < -0.4 is 0 Å². The Morgan fingerprint density at radius 3 is 2.00 bits per heavy atom. The van der Waals surface area contributed by atoms with Gasteiger partial charge in [0.15, 0.2) is 0 Å². The van der Waals surface area contributed by atoms with Crippen LogP contribution in [-0.2, 0) is 0 Å². The maximum Gasteiger partial charge on any atom is 0.235 e. The predicted molar refractivity (Wildman–Crippen MR) is 140 cm³/mol. The molecule has 160 valence electrons. The van der Waals surface area contributed by atoms with E-state index >= 15 is 0 Å². The standard InChI is InChI=1S/C29H18N4S/c1-3-9-19(10-4-1)23-17-24(20-11-5-2-6-12-20)32-29(31-23)33-25-15-16-30-18-22(25)28-27(33)21-13-7-8-14-26(21)34-28/h1-18H. The smallest absolute Gasteiger partial charge is 0.235 e. The van der Waals surface area contributed by atoms with Crippen LogP contribution in [0.4, 0.5) is 0 Å². The lowest BCUT2D eigenvalue weighted by molar-refractivity contribution is 0.997. The maximum atomic E-state index is 5.09. The number of fused-ring (bicyclic) bond motifs is 5. The molecule has 0 unspecified atom stereocenters. The molecule has 7 rings (SSSR count). The van der Waals surface area contributed by atoms with Crippen molar-refractivity contribution in [2.24, 2.45) is 0 Å². The quantitative estimate of drug-likeness (QED) is 0.277. The van der Waals surface area contributed by atoms with Gasteiger partial charge in [-0.1, -0.05) is 78.9 Å². The average Bonchev–Trinajstić information content (AvgIpc) is 3.44. The van der Waals surface area contributed by atoms with Crippen molar-refractivity contribution in [1.82, 2.24) is 19.5 Å². The summed E-state index contributed by atoms with van der Waals surface area (Å²) in [6.07, 6.45) is 3.78. The number of aromatic nitrogens is 4. The first-order valence-electron chi connectivity index (χ1n) is 11.1. The Balaban J connectivity index is 1.61. The first-order chi connectivity index (χ1) is 16.9. The van der Waals surface area contributed by atoms with Crippen LogP contribution in [-0.4, -0.2) is 19.5 Å². The summed E-state index contributed by atoms with van der Waals surface area (Å²) in [5, 5.41) is 2.32. The molecule has 0 N–H and O–H groups in total. The Kier molecular flexibility index (Phi) is 4.29. The van der Waals surface area contributed by atoms with E-state index in [1.54, 1.807) is 11.3 Å². The Bertz CT molecular complexity index is 1740. The number of hydrogen-bond donors (Lipinski definition) is 0. The summed E-state index contributed by atoms with van der Waals surface area (Å²) in [5.74, 6) is 0.662. The monoisotopic (exact) mass is 454 g/mol. The second-order valence-electron chi connectivity index (χ2n) is 8.17. The van der Waals surface area contributed by atoms with Gasteiger partial charge >= 0.3 is 0 Å². The van der Waals surface area contributed by atoms with Crippen LogP contribution in [0.15, 0.2) is 109 Å². The molecule has 0 amide bonds. The van der Waals surface area contributed by atoms with Gasteiger partial charge in [-0.3, -0.25) is 9.55 Å². The lowest BCUT2D eigenvalue weighted by atomic mass is 10.1. The Hall–Kier alpha value is -4.35. The number of nitrogens with zero attached hydrogens (tertiary/aromatic N) is 4. The highest BCUT2D eigenvalue weighted by molar-refractivity contribution is 7.26. The van der Waals surface area contributed by atoms with Crippen LogP contribution in [0.5, 0.6) is 0 Å². The summed E-state index contributed by atoms with van der Waals surface area (Å²) in [7, 11) is 0. The molecule has 0 spiro atoms. The van der Waals surface area contributed by atoms with Crippen molar-refractivity contribution in [1.29, 1.82) is 0 Å². The second kappa shape index (κ2) is 7.61. The number of benzene rings is 3. The van der Waals surface area contributed by atoms with Crippen LogP contribution in [0.25, 0.3) is 59.7 Å². The zero-order chi connectivity index (χ0) is 22.5. The van der Waals surface area contributed by atoms with Crippen molar-refractivity contribution in [3.05, 3.63) is 109 Å². The van der Waals surface area contributed by atoms with E-state index in [0.717, 1.165) is 38.9 Å². The highest BCUT2D eigenvalue weighted by Crippen LogP contribution is 2.41.